The smallest absolute Gasteiger partial charge is 0.0486 e. The number of fused-ring (bicyclic) bond motifs is 2. The first-order valence-electron chi connectivity index (χ1n) is 13.8. The molecule has 0 bridgehead atoms. The van der Waals surface area contributed by atoms with Gasteiger partial charge in [-0.2, -0.15) is 0 Å². The summed E-state index contributed by atoms with van der Waals surface area (Å²) >= 11 is 0. The van der Waals surface area contributed by atoms with Crippen molar-refractivity contribution in [3.63, 3.8) is 0 Å². The molecule has 2 aromatic carbocycles. The van der Waals surface area contributed by atoms with Crippen molar-refractivity contribution in [1.29, 1.82) is 0 Å². The minimum Gasteiger partial charge on any atom is -0.367 e. The number of rotatable bonds is 5. The summed E-state index contributed by atoms with van der Waals surface area (Å²) in [6, 6.07) is 19.5. The molecule has 3 heterocycles. The van der Waals surface area contributed by atoms with Gasteiger partial charge >= 0.3 is 0 Å². The lowest BCUT2D eigenvalue weighted by molar-refractivity contribution is 0.0894. The molecule has 180 valence electrons. The van der Waals surface area contributed by atoms with Gasteiger partial charge in [0.15, 0.2) is 0 Å². The maximum absolute atomic E-state index is 2.83. The van der Waals surface area contributed by atoms with E-state index in [0.717, 1.165) is 31.0 Å². The van der Waals surface area contributed by atoms with Gasteiger partial charge in [0.25, 0.3) is 0 Å². The number of piperidine rings is 1. The third-order valence-corrected chi connectivity index (χ3v) is 9.26. The van der Waals surface area contributed by atoms with Crippen LogP contribution in [-0.2, 0) is 13.0 Å². The number of likely N-dealkylation sites (tertiary alicyclic amines) is 1. The number of para-hydroxylation sites is 2. The Morgan fingerprint density at radius 3 is 2.32 bits per heavy atom. The molecule has 34 heavy (non-hydrogen) atoms. The maximum Gasteiger partial charge on any atom is 0.0486 e. The van der Waals surface area contributed by atoms with Crippen LogP contribution in [0.25, 0.3) is 10.9 Å². The molecule has 3 nitrogen and oxygen atoms in total. The Morgan fingerprint density at radius 2 is 1.53 bits per heavy atom. The number of aromatic nitrogens is 1. The van der Waals surface area contributed by atoms with E-state index in [4.69, 9.17) is 0 Å². The maximum atomic E-state index is 2.83. The Balaban J connectivity index is 1.16. The van der Waals surface area contributed by atoms with Gasteiger partial charge in [-0.05, 0) is 80.0 Å². The summed E-state index contributed by atoms with van der Waals surface area (Å²) in [7, 11) is 0. The van der Waals surface area contributed by atoms with Crippen LogP contribution in [0.1, 0.15) is 69.5 Å². The standard InChI is InChI=1S/C31H41N3/c1-23(2)24-11-13-27(14-12-24)32-19-16-28(17-20-32)34-22-26(29-8-4-6-10-31(29)34)21-33-18-15-25-7-3-5-9-30(25)33/h3-10,22-24,27-28H,11-21H2,1-2H3/t24-,27+. The van der Waals surface area contributed by atoms with Gasteiger partial charge in [0.2, 0.25) is 0 Å². The first-order valence-corrected chi connectivity index (χ1v) is 13.8. The van der Waals surface area contributed by atoms with Crippen LogP contribution in [0.15, 0.2) is 54.7 Å². The summed E-state index contributed by atoms with van der Waals surface area (Å²) in [4.78, 5) is 5.42. The van der Waals surface area contributed by atoms with Crippen molar-refractivity contribution in [3.8, 4) is 0 Å². The molecule has 2 fully saturated rings. The normalized spacial score (nSPS) is 24.3. The molecule has 1 saturated heterocycles. The Labute approximate surface area is 205 Å². The predicted molar refractivity (Wildman–Crippen MR) is 144 cm³/mol. The second-order valence-corrected chi connectivity index (χ2v) is 11.5. The van der Waals surface area contributed by atoms with E-state index in [2.05, 4.69) is 82.9 Å². The first-order chi connectivity index (χ1) is 16.7. The van der Waals surface area contributed by atoms with Crippen LogP contribution in [0, 0.1) is 11.8 Å². The molecular formula is C31H41N3. The van der Waals surface area contributed by atoms with Crippen LogP contribution >= 0.6 is 0 Å². The molecule has 1 aliphatic carbocycles. The second-order valence-electron chi connectivity index (χ2n) is 11.5. The number of hydrogen-bond donors (Lipinski definition) is 0. The zero-order valence-electron chi connectivity index (χ0n) is 21.1. The molecule has 0 spiro atoms. The highest BCUT2D eigenvalue weighted by Gasteiger charge is 2.31. The topological polar surface area (TPSA) is 11.4 Å². The van der Waals surface area contributed by atoms with Crippen LogP contribution in [0.2, 0.25) is 0 Å². The third kappa shape index (κ3) is 4.17. The molecule has 0 radical (unpaired) electrons. The van der Waals surface area contributed by atoms with Crippen molar-refractivity contribution in [2.24, 2.45) is 11.8 Å². The van der Waals surface area contributed by atoms with Gasteiger partial charge in [-0.25, -0.2) is 0 Å². The molecule has 0 N–H and O–H groups in total. The van der Waals surface area contributed by atoms with E-state index in [-0.39, 0.29) is 0 Å². The molecule has 3 aliphatic rings. The number of nitrogens with zero attached hydrogens (tertiary/aromatic N) is 3. The lowest BCUT2D eigenvalue weighted by Gasteiger charge is -2.42. The van der Waals surface area contributed by atoms with Crippen molar-refractivity contribution in [3.05, 3.63) is 65.9 Å². The summed E-state index contributed by atoms with van der Waals surface area (Å²) < 4.78 is 2.64. The predicted octanol–water partition coefficient (Wildman–Crippen LogP) is 7.06. The van der Waals surface area contributed by atoms with Crippen molar-refractivity contribution >= 4 is 16.6 Å². The van der Waals surface area contributed by atoms with Crippen molar-refractivity contribution in [1.82, 2.24) is 9.47 Å². The van der Waals surface area contributed by atoms with Crippen LogP contribution in [0.5, 0.6) is 0 Å². The van der Waals surface area contributed by atoms with E-state index < -0.39 is 0 Å². The number of anilines is 1. The largest absolute Gasteiger partial charge is 0.367 e. The SMILES string of the molecule is CC(C)[C@H]1CC[C@@H](N2CCC(n3cc(CN4CCc5ccccc54)c4ccccc43)CC2)CC1. The van der Waals surface area contributed by atoms with Gasteiger partial charge in [0, 0.05) is 61.0 Å². The van der Waals surface area contributed by atoms with Gasteiger partial charge in [0.05, 0.1) is 0 Å². The molecule has 2 aliphatic heterocycles. The highest BCUT2D eigenvalue weighted by Crippen LogP contribution is 2.37. The Morgan fingerprint density at radius 1 is 0.794 bits per heavy atom. The van der Waals surface area contributed by atoms with Crippen LogP contribution in [0.3, 0.4) is 0 Å². The van der Waals surface area contributed by atoms with Gasteiger partial charge in [-0.15, -0.1) is 0 Å². The summed E-state index contributed by atoms with van der Waals surface area (Å²) in [5.41, 5.74) is 5.85. The molecule has 1 aromatic heterocycles. The zero-order chi connectivity index (χ0) is 23.1. The van der Waals surface area contributed by atoms with Gasteiger partial charge < -0.3 is 14.4 Å². The fourth-order valence-corrected chi connectivity index (χ4v) is 7.14. The summed E-state index contributed by atoms with van der Waals surface area (Å²) in [6.45, 7) is 9.51. The fraction of sp³-hybridized carbons (Fsp3) is 0.548. The molecule has 0 unspecified atom stereocenters. The van der Waals surface area contributed by atoms with Crippen molar-refractivity contribution < 1.29 is 0 Å². The number of hydrogen-bond acceptors (Lipinski definition) is 2. The minimum absolute atomic E-state index is 0.632. The molecule has 1 saturated carbocycles. The summed E-state index contributed by atoms with van der Waals surface area (Å²) in [5.74, 6) is 1.82. The van der Waals surface area contributed by atoms with Crippen molar-refractivity contribution in [2.45, 2.75) is 77.4 Å². The van der Waals surface area contributed by atoms with E-state index in [0.29, 0.717) is 6.04 Å². The Hall–Kier alpha value is -2.26. The van der Waals surface area contributed by atoms with E-state index in [1.165, 1.54) is 85.8 Å². The minimum atomic E-state index is 0.632. The monoisotopic (exact) mass is 455 g/mol. The van der Waals surface area contributed by atoms with E-state index in [1.807, 2.05) is 0 Å². The van der Waals surface area contributed by atoms with Crippen LogP contribution in [-0.4, -0.2) is 35.1 Å². The molecule has 6 rings (SSSR count). The molecular weight excluding hydrogens is 414 g/mol. The van der Waals surface area contributed by atoms with E-state index in [1.54, 1.807) is 0 Å². The molecule has 3 aromatic rings. The average Bonchev–Trinajstić information content (AvgIpc) is 3.46. The molecule has 0 atom stereocenters. The average molecular weight is 456 g/mol. The molecule has 0 amide bonds. The number of benzene rings is 2. The highest BCUT2D eigenvalue weighted by molar-refractivity contribution is 5.84. The van der Waals surface area contributed by atoms with E-state index >= 15 is 0 Å². The van der Waals surface area contributed by atoms with Crippen molar-refractivity contribution in [2.75, 3.05) is 24.5 Å². The van der Waals surface area contributed by atoms with Gasteiger partial charge in [-0.1, -0.05) is 50.2 Å². The van der Waals surface area contributed by atoms with E-state index in [9.17, 15) is 0 Å². The van der Waals surface area contributed by atoms with Gasteiger partial charge in [0.1, 0.15) is 0 Å². The summed E-state index contributed by atoms with van der Waals surface area (Å²) in [5, 5.41) is 1.45. The Kier molecular flexibility index (Phi) is 6.15. The zero-order valence-corrected chi connectivity index (χ0v) is 21.1. The highest BCUT2D eigenvalue weighted by atomic mass is 15.2. The fourth-order valence-electron chi connectivity index (χ4n) is 7.14. The lowest BCUT2D eigenvalue weighted by Crippen LogP contribution is -2.43. The second kappa shape index (κ2) is 9.41. The molecule has 3 heteroatoms. The lowest BCUT2D eigenvalue weighted by atomic mass is 9.79. The van der Waals surface area contributed by atoms with Crippen LogP contribution in [0.4, 0.5) is 5.69 Å². The Bertz CT molecular complexity index is 1110. The quantitative estimate of drug-likeness (QED) is 0.408. The summed E-state index contributed by atoms with van der Waals surface area (Å²) in [6.07, 6.45) is 12.0. The van der Waals surface area contributed by atoms with Crippen LogP contribution < -0.4 is 4.90 Å². The third-order valence-electron chi connectivity index (χ3n) is 9.26. The van der Waals surface area contributed by atoms with Gasteiger partial charge in [-0.3, -0.25) is 0 Å². The first kappa shape index (κ1) is 22.2.